The Balaban J connectivity index is 0.000000187. The van der Waals surface area contributed by atoms with E-state index in [0.29, 0.717) is 0 Å². The van der Waals surface area contributed by atoms with Gasteiger partial charge in [0.1, 0.15) is 0 Å². The van der Waals surface area contributed by atoms with Gasteiger partial charge < -0.3 is 5.11 Å². The second-order valence-corrected chi connectivity index (χ2v) is 3.15. The summed E-state index contributed by atoms with van der Waals surface area (Å²) in [6.45, 7) is -2.01. The summed E-state index contributed by atoms with van der Waals surface area (Å²) in [6, 6.07) is 16.7. The van der Waals surface area contributed by atoms with Crippen molar-refractivity contribution < 1.29 is 18.3 Å². The quantitative estimate of drug-likeness (QED) is 0.793. The average Bonchev–Trinajstić information content (AvgIpc) is 2.55. The van der Waals surface area contributed by atoms with Gasteiger partial charge >= 0.3 is 6.11 Å². The molecule has 0 atom stereocenters. The zero-order chi connectivity index (χ0) is 12.0. The maximum Gasteiger partial charge on any atom is 0.381 e. The Morgan fingerprint density at radius 1 is 0.875 bits per heavy atom. The van der Waals surface area contributed by atoms with Gasteiger partial charge in [0.15, 0.2) is 6.67 Å². The number of halogens is 3. The third-order valence-electron chi connectivity index (χ3n) is 1.82. The Morgan fingerprint density at radius 2 is 1.25 bits per heavy atom. The lowest BCUT2D eigenvalue weighted by Gasteiger charge is -1.97. The average molecular weight is 228 g/mol. The van der Waals surface area contributed by atoms with Crippen molar-refractivity contribution in [3.05, 3.63) is 48.5 Å². The summed E-state index contributed by atoms with van der Waals surface area (Å²) in [4.78, 5) is 0. The molecule has 0 spiro atoms. The fourth-order valence-electron chi connectivity index (χ4n) is 1.13. The van der Waals surface area contributed by atoms with E-state index in [1.54, 1.807) is 0 Å². The maximum absolute atomic E-state index is 10.6. The van der Waals surface area contributed by atoms with Crippen LogP contribution in [-0.4, -0.2) is 17.9 Å². The molecular weight excluding hydrogens is 217 g/mol. The normalized spacial score (nSPS) is 10.8. The molecule has 0 aromatic rings. The van der Waals surface area contributed by atoms with Crippen LogP contribution in [0.4, 0.5) is 13.2 Å². The summed E-state index contributed by atoms with van der Waals surface area (Å²) in [7, 11) is 0. The minimum Gasteiger partial charge on any atom is -0.334 e. The lowest BCUT2D eigenvalue weighted by Crippen LogP contribution is -2.15. The molecule has 1 nitrogen and oxygen atoms in total. The van der Waals surface area contributed by atoms with Gasteiger partial charge in [-0.3, -0.25) is 0 Å². The molecule has 0 saturated carbocycles. The van der Waals surface area contributed by atoms with E-state index in [-0.39, 0.29) is 0 Å². The molecule has 16 heavy (non-hydrogen) atoms. The fourth-order valence-corrected chi connectivity index (χ4v) is 1.13. The van der Waals surface area contributed by atoms with E-state index in [9.17, 15) is 13.2 Å². The van der Waals surface area contributed by atoms with Crippen molar-refractivity contribution in [2.45, 2.75) is 6.11 Å². The summed E-state index contributed by atoms with van der Waals surface area (Å²) in [5, 5.41) is 7.12. The highest BCUT2D eigenvalue weighted by molar-refractivity contribution is 5.65. The molecule has 0 aliphatic heterocycles. The molecule has 86 valence electrons. The van der Waals surface area contributed by atoms with Gasteiger partial charge in [0.05, 0.1) is 0 Å². The van der Waals surface area contributed by atoms with Crippen LogP contribution in [0.15, 0.2) is 48.5 Å². The van der Waals surface area contributed by atoms with Crippen LogP contribution in [0.2, 0.25) is 0 Å². The molecule has 0 fully saturated rings. The van der Waals surface area contributed by atoms with Gasteiger partial charge in [-0.15, -0.1) is 0 Å². The van der Waals surface area contributed by atoms with Gasteiger partial charge in [0.25, 0.3) is 0 Å². The zero-order valence-corrected chi connectivity index (χ0v) is 8.41. The number of hydrogen-bond acceptors (Lipinski definition) is 1. The van der Waals surface area contributed by atoms with Crippen LogP contribution < -0.4 is 0 Å². The van der Waals surface area contributed by atoms with Gasteiger partial charge in [-0.05, 0) is 11.1 Å². The van der Waals surface area contributed by atoms with Crippen molar-refractivity contribution in [3.63, 3.8) is 0 Å². The molecule has 0 heterocycles. The third-order valence-corrected chi connectivity index (χ3v) is 1.82. The molecule has 4 heteroatoms. The van der Waals surface area contributed by atoms with Crippen molar-refractivity contribution >= 4 is 0 Å². The Bertz CT molecular complexity index is 370. The predicted octanol–water partition coefficient (Wildman–Crippen LogP) is 3.33. The number of hydrogen-bond donors (Lipinski definition) is 1. The van der Waals surface area contributed by atoms with Crippen molar-refractivity contribution in [1.29, 1.82) is 0 Å². The van der Waals surface area contributed by atoms with Crippen LogP contribution >= 0.6 is 0 Å². The van der Waals surface area contributed by atoms with E-state index in [1.165, 1.54) is 11.1 Å². The first-order chi connectivity index (χ1) is 7.53. The van der Waals surface area contributed by atoms with Crippen molar-refractivity contribution in [2.24, 2.45) is 0 Å². The molecule has 0 unspecified atom stereocenters. The van der Waals surface area contributed by atoms with Crippen LogP contribution in [0.25, 0.3) is 11.1 Å². The first kappa shape index (κ1) is 12.5. The summed E-state index contributed by atoms with van der Waals surface area (Å²) >= 11 is 0. The molecule has 0 bridgehead atoms. The Morgan fingerprint density at radius 3 is 1.62 bits per heavy atom. The second kappa shape index (κ2) is 5.51. The fraction of sp³-hybridized carbons (Fsp3) is 0.167. The van der Waals surface area contributed by atoms with E-state index < -0.39 is 12.8 Å². The summed E-state index contributed by atoms with van der Waals surface area (Å²) < 4.78 is 31.8. The smallest absolute Gasteiger partial charge is 0.334 e. The summed E-state index contributed by atoms with van der Waals surface area (Å²) in [5.74, 6) is 0. The molecule has 2 aliphatic carbocycles. The number of alkyl halides is 3. The number of aliphatic hydroxyl groups is 1. The lowest BCUT2D eigenvalue weighted by atomic mass is 10.2. The first-order valence-corrected chi connectivity index (χ1v) is 4.63. The lowest BCUT2D eigenvalue weighted by molar-refractivity contribution is -0.208. The second-order valence-electron chi connectivity index (χ2n) is 3.15. The molecule has 0 saturated heterocycles. The molecular formula is C12H11F3O. The highest BCUT2D eigenvalue weighted by Gasteiger charge is 2.22. The summed E-state index contributed by atoms with van der Waals surface area (Å²) in [5.41, 5.74) is 2.62. The van der Waals surface area contributed by atoms with E-state index >= 15 is 0 Å². The first-order valence-electron chi connectivity index (χ1n) is 4.63. The van der Waals surface area contributed by atoms with Crippen molar-refractivity contribution in [2.75, 3.05) is 6.67 Å². The molecule has 0 aromatic carbocycles. The molecule has 0 radical (unpaired) electrons. The van der Waals surface area contributed by atoms with Gasteiger partial charge in [-0.25, -0.2) is 4.39 Å². The standard InChI is InChI=1S/C10H8.C2H3F3O/c1-2-5-9-7-4-8-10(9)6-3-1;3-1-2(4,5)6/h1-8H;6H,1H2. The van der Waals surface area contributed by atoms with Crippen LogP contribution in [0.5, 0.6) is 0 Å². The van der Waals surface area contributed by atoms with E-state index in [1.807, 2.05) is 6.07 Å². The topological polar surface area (TPSA) is 20.2 Å². The third kappa shape index (κ3) is 4.31. The van der Waals surface area contributed by atoms with Crippen LogP contribution in [0, 0.1) is 0 Å². The zero-order valence-electron chi connectivity index (χ0n) is 8.41. The van der Waals surface area contributed by atoms with Gasteiger partial charge in [-0.1, -0.05) is 48.5 Å². The van der Waals surface area contributed by atoms with Crippen LogP contribution in [0.1, 0.15) is 0 Å². The number of rotatable bonds is 1. The van der Waals surface area contributed by atoms with Crippen molar-refractivity contribution in [3.8, 4) is 11.1 Å². The van der Waals surface area contributed by atoms with Gasteiger partial charge in [0.2, 0.25) is 0 Å². The highest BCUT2D eigenvalue weighted by atomic mass is 19.3. The molecule has 2 aliphatic rings. The predicted molar refractivity (Wildman–Crippen MR) is 56.2 cm³/mol. The molecule has 2 rings (SSSR count). The van der Waals surface area contributed by atoms with Gasteiger partial charge in [-0.2, -0.15) is 8.78 Å². The molecule has 1 N–H and O–H groups in total. The SMILES string of the molecule is OC(F)(F)CF.c1ccc2cccc-2cc1. The van der Waals surface area contributed by atoms with Crippen molar-refractivity contribution in [1.82, 2.24) is 0 Å². The summed E-state index contributed by atoms with van der Waals surface area (Å²) in [6.07, 6.45) is -4.12. The van der Waals surface area contributed by atoms with Crippen LogP contribution in [-0.2, 0) is 0 Å². The van der Waals surface area contributed by atoms with Gasteiger partial charge in [0, 0.05) is 0 Å². The molecule has 0 amide bonds. The van der Waals surface area contributed by atoms with E-state index in [2.05, 4.69) is 42.5 Å². The monoisotopic (exact) mass is 228 g/mol. The largest absolute Gasteiger partial charge is 0.381 e. The minimum absolute atomic E-state index is 1.31. The Kier molecular flexibility index (Phi) is 4.31. The van der Waals surface area contributed by atoms with E-state index in [0.717, 1.165) is 0 Å². The molecule has 0 aromatic heterocycles. The highest BCUT2D eigenvalue weighted by Crippen LogP contribution is 2.19. The van der Waals surface area contributed by atoms with E-state index in [4.69, 9.17) is 5.11 Å². The Hall–Kier alpha value is -1.55. The van der Waals surface area contributed by atoms with Crippen LogP contribution in [0.3, 0.4) is 0 Å². The minimum atomic E-state index is -4.12. The maximum atomic E-state index is 10.6. The number of fused-ring (bicyclic) bond motifs is 1. The Labute approximate surface area is 91.5 Å².